The molecular formula is C19H27N3O4. The Morgan fingerprint density at radius 2 is 2.00 bits per heavy atom. The molecule has 142 valence electrons. The van der Waals surface area contributed by atoms with Crippen LogP contribution in [0.3, 0.4) is 0 Å². The summed E-state index contributed by atoms with van der Waals surface area (Å²) in [5, 5.41) is 6.70. The van der Waals surface area contributed by atoms with E-state index in [1.54, 1.807) is 4.90 Å². The number of carbonyl (C=O) groups is 1. The molecule has 0 saturated carbocycles. The maximum atomic E-state index is 13.2. The number of hydrogen-bond donors (Lipinski definition) is 2. The Morgan fingerprint density at radius 3 is 2.77 bits per heavy atom. The van der Waals surface area contributed by atoms with Gasteiger partial charge in [-0.2, -0.15) is 0 Å². The van der Waals surface area contributed by atoms with Crippen LogP contribution in [0.15, 0.2) is 15.3 Å². The minimum absolute atomic E-state index is 0.0436. The maximum absolute atomic E-state index is 13.2. The summed E-state index contributed by atoms with van der Waals surface area (Å²) >= 11 is 0. The summed E-state index contributed by atoms with van der Waals surface area (Å²) in [4.78, 5) is 27.7. The van der Waals surface area contributed by atoms with E-state index in [9.17, 15) is 9.59 Å². The molecule has 3 fully saturated rings. The zero-order valence-corrected chi connectivity index (χ0v) is 15.3. The lowest BCUT2D eigenvalue weighted by Gasteiger charge is -2.28. The SMILES string of the molecule is Cc1cc(C2CCNCC2)oc(=O)c1C(=O)N1C[C@@H]2CNC[C@H]1COC2. The van der Waals surface area contributed by atoms with Crippen molar-refractivity contribution in [3.63, 3.8) is 0 Å². The third-order valence-electron chi connectivity index (χ3n) is 5.76. The number of fused-ring (bicyclic) bond motifs is 3. The maximum Gasteiger partial charge on any atom is 0.349 e. The van der Waals surface area contributed by atoms with Gasteiger partial charge < -0.3 is 24.7 Å². The third-order valence-corrected chi connectivity index (χ3v) is 5.76. The highest BCUT2D eigenvalue weighted by molar-refractivity contribution is 5.95. The van der Waals surface area contributed by atoms with Crippen molar-refractivity contribution in [1.82, 2.24) is 15.5 Å². The van der Waals surface area contributed by atoms with Gasteiger partial charge in [-0.3, -0.25) is 4.79 Å². The van der Waals surface area contributed by atoms with Crippen LogP contribution in [0.5, 0.6) is 0 Å². The van der Waals surface area contributed by atoms with Crippen LogP contribution in [0.2, 0.25) is 0 Å². The van der Waals surface area contributed by atoms with Crippen molar-refractivity contribution in [1.29, 1.82) is 0 Å². The molecule has 2 atom stereocenters. The van der Waals surface area contributed by atoms with Crippen molar-refractivity contribution in [2.75, 3.05) is 45.9 Å². The van der Waals surface area contributed by atoms with Crippen LogP contribution in [-0.2, 0) is 4.74 Å². The molecule has 1 aromatic rings. The predicted molar refractivity (Wildman–Crippen MR) is 96.6 cm³/mol. The zero-order valence-electron chi connectivity index (χ0n) is 15.3. The Morgan fingerprint density at radius 1 is 1.19 bits per heavy atom. The summed E-state index contributed by atoms with van der Waals surface area (Å²) in [6.45, 7) is 7.00. The third kappa shape index (κ3) is 3.43. The molecule has 1 aromatic heterocycles. The highest BCUT2D eigenvalue weighted by Gasteiger charge is 2.35. The number of hydrogen-bond acceptors (Lipinski definition) is 6. The van der Waals surface area contributed by atoms with Gasteiger partial charge in [-0.05, 0) is 44.5 Å². The molecule has 1 amide bonds. The van der Waals surface area contributed by atoms with Crippen molar-refractivity contribution in [2.45, 2.75) is 31.7 Å². The van der Waals surface area contributed by atoms with Gasteiger partial charge in [0.15, 0.2) is 0 Å². The summed E-state index contributed by atoms with van der Waals surface area (Å²) in [6.07, 6.45) is 1.91. The van der Waals surface area contributed by atoms with Gasteiger partial charge in [0.25, 0.3) is 5.91 Å². The highest BCUT2D eigenvalue weighted by atomic mass is 16.5. The zero-order chi connectivity index (χ0) is 18.1. The highest BCUT2D eigenvalue weighted by Crippen LogP contribution is 2.26. The number of ether oxygens (including phenoxy) is 1. The van der Waals surface area contributed by atoms with Crippen molar-refractivity contribution >= 4 is 5.91 Å². The lowest BCUT2D eigenvalue weighted by molar-refractivity contribution is 0.0593. The van der Waals surface area contributed by atoms with E-state index in [1.807, 2.05) is 13.0 Å². The van der Waals surface area contributed by atoms with Gasteiger partial charge in [0, 0.05) is 31.5 Å². The molecule has 2 bridgehead atoms. The largest absolute Gasteiger partial charge is 0.427 e. The van der Waals surface area contributed by atoms with Crippen LogP contribution >= 0.6 is 0 Å². The molecule has 4 rings (SSSR count). The Hall–Kier alpha value is -1.70. The Bertz CT molecular complexity index is 716. The minimum Gasteiger partial charge on any atom is -0.427 e. The molecule has 3 aliphatic rings. The van der Waals surface area contributed by atoms with E-state index in [-0.39, 0.29) is 29.3 Å². The summed E-state index contributed by atoms with van der Waals surface area (Å²) in [6, 6.07) is 1.85. The molecule has 0 spiro atoms. The Balaban J connectivity index is 1.62. The van der Waals surface area contributed by atoms with Crippen LogP contribution in [0.4, 0.5) is 0 Å². The van der Waals surface area contributed by atoms with E-state index >= 15 is 0 Å². The van der Waals surface area contributed by atoms with Crippen molar-refractivity contribution in [3.05, 3.63) is 33.4 Å². The van der Waals surface area contributed by atoms with Crippen LogP contribution in [0, 0.1) is 12.8 Å². The van der Waals surface area contributed by atoms with E-state index < -0.39 is 5.63 Å². The fourth-order valence-corrected chi connectivity index (χ4v) is 4.28. The Kier molecular flexibility index (Phi) is 5.11. The van der Waals surface area contributed by atoms with E-state index in [0.29, 0.717) is 37.6 Å². The summed E-state index contributed by atoms with van der Waals surface area (Å²) in [5.41, 5.74) is 0.388. The van der Waals surface area contributed by atoms with E-state index in [4.69, 9.17) is 9.15 Å². The van der Waals surface area contributed by atoms with Gasteiger partial charge in [-0.25, -0.2) is 4.79 Å². The van der Waals surface area contributed by atoms with E-state index in [0.717, 1.165) is 32.5 Å². The molecule has 0 radical (unpaired) electrons. The first-order valence-electron chi connectivity index (χ1n) is 9.58. The molecule has 26 heavy (non-hydrogen) atoms. The molecule has 0 aromatic carbocycles. The summed E-state index contributed by atoms with van der Waals surface area (Å²) < 4.78 is 11.3. The van der Waals surface area contributed by atoms with Crippen molar-refractivity contribution < 1.29 is 13.9 Å². The van der Waals surface area contributed by atoms with Crippen LogP contribution in [-0.4, -0.2) is 62.8 Å². The number of rotatable bonds is 2. The van der Waals surface area contributed by atoms with Gasteiger partial charge in [0.1, 0.15) is 11.3 Å². The van der Waals surface area contributed by atoms with Gasteiger partial charge in [-0.1, -0.05) is 0 Å². The average Bonchev–Trinajstić information content (AvgIpc) is 2.94. The number of nitrogens with zero attached hydrogens (tertiary/aromatic N) is 1. The number of nitrogens with one attached hydrogen (secondary N) is 2. The van der Waals surface area contributed by atoms with Crippen molar-refractivity contribution in [2.24, 2.45) is 5.92 Å². The second-order valence-corrected chi connectivity index (χ2v) is 7.69. The lowest BCUT2D eigenvalue weighted by atomic mass is 9.94. The summed E-state index contributed by atoms with van der Waals surface area (Å²) in [7, 11) is 0. The van der Waals surface area contributed by atoms with Gasteiger partial charge in [0.2, 0.25) is 0 Å². The Labute approximate surface area is 153 Å². The molecule has 0 aliphatic carbocycles. The van der Waals surface area contributed by atoms with Gasteiger partial charge in [0.05, 0.1) is 19.3 Å². The quantitative estimate of drug-likeness (QED) is 0.797. The molecule has 0 unspecified atom stereocenters. The number of carbonyl (C=O) groups excluding carboxylic acids is 1. The molecule has 3 aliphatic heterocycles. The lowest BCUT2D eigenvalue weighted by Crippen LogP contribution is -2.47. The van der Waals surface area contributed by atoms with Gasteiger partial charge >= 0.3 is 5.63 Å². The van der Waals surface area contributed by atoms with Crippen LogP contribution in [0.25, 0.3) is 0 Å². The molecule has 7 heteroatoms. The first-order chi connectivity index (χ1) is 12.6. The molecule has 2 N–H and O–H groups in total. The molecule has 7 nitrogen and oxygen atoms in total. The van der Waals surface area contributed by atoms with Crippen molar-refractivity contribution in [3.8, 4) is 0 Å². The van der Waals surface area contributed by atoms with E-state index in [2.05, 4.69) is 10.6 Å². The van der Waals surface area contributed by atoms with Crippen LogP contribution < -0.4 is 16.3 Å². The van der Waals surface area contributed by atoms with Crippen LogP contribution in [0.1, 0.15) is 40.4 Å². The first-order valence-corrected chi connectivity index (χ1v) is 9.58. The average molecular weight is 361 g/mol. The fraction of sp³-hybridized carbons (Fsp3) is 0.684. The standard InChI is InChI=1S/C19H27N3O4/c1-12-6-16(14-2-4-20-5-3-14)26-19(24)17(12)18(23)22-9-13-7-21-8-15(22)11-25-10-13/h6,13-15,20-21H,2-5,7-11H2,1H3/t13-,15-/m0/s1. The molecule has 3 saturated heterocycles. The topological polar surface area (TPSA) is 83.8 Å². The second kappa shape index (κ2) is 7.50. The molecular weight excluding hydrogens is 334 g/mol. The second-order valence-electron chi connectivity index (χ2n) is 7.69. The minimum atomic E-state index is -0.504. The number of aryl methyl sites for hydroxylation is 1. The van der Waals surface area contributed by atoms with E-state index in [1.165, 1.54) is 0 Å². The first kappa shape index (κ1) is 17.7. The molecule has 4 heterocycles. The summed E-state index contributed by atoms with van der Waals surface area (Å²) in [5.74, 6) is 0.997. The predicted octanol–water partition coefficient (Wildman–Crippen LogP) is 0.476. The van der Waals surface area contributed by atoms with Gasteiger partial charge in [-0.15, -0.1) is 0 Å². The monoisotopic (exact) mass is 361 g/mol. The smallest absolute Gasteiger partial charge is 0.349 e. The number of piperidine rings is 1. The normalized spacial score (nSPS) is 27.2. The fourth-order valence-electron chi connectivity index (χ4n) is 4.28. The number of amides is 1.